The molecule has 0 saturated carbocycles. The van der Waals surface area contributed by atoms with Crippen LogP contribution in [0.4, 0.5) is 0 Å². The van der Waals surface area contributed by atoms with Gasteiger partial charge in [0, 0.05) is 19.6 Å². The molecule has 0 atom stereocenters. The van der Waals surface area contributed by atoms with E-state index >= 15 is 0 Å². The highest BCUT2D eigenvalue weighted by molar-refractivity contribution is 7.80. The van der Waals surface area contributed by atoms with E-state index in [1.807, 2.05) is 4.90 Å². The molecule has 86 valence electrons. The Morgan fingerprint density at radius 3 is 3.07 bits per heavy atom. The van der Waals surface area contributed by atoms with Crippen LogP contribution in [0.15, 0.2) is 0 Å². The molecule has 0 aromatic rings. The molecule has 0 aromatic heterocycles. The minimum atomic E-state index is 0.0567. The Morgan fingerprint density at radius 2 is 2.40 bits per heavy atom. The van der Waals surface area contributed by atoms with Crippen LogP contribution in [0.2, 0.25) is 0 Å². The summed E-state index contributed by atoms with van der Waals surface area (Å²) in [5.74, 6) is 0.616. The van der Waals surface area contributed by atoms with Crippen LogP contribution in [0.1, 0.15) is 20.3 Å². The number of carbonyl (C=O) groups excluding carboxylic acids is 1. The van der Waals surface area contributed by atoms with E-state index in [0.29, 0.717) is 17.6 Å². The van der Waals surface area contributed by atoms with Crippen molar-refractivity contribution in [3.63, 3.8) is 0 Å². The molecule has 0 spiro atoms. The summed E-state index contributed by atoms with van der Waals surface area (Å²) < 4.78 is 0. The number of hydrogen-bond donors (Lipinski definition) is 2. The van der Waals surface area contributed by atoms with Gasteiger partial charge in [-0.25, -0.2) is 0 Å². The minimum Gasteiger partial charge on any atom is -0.362 e. The summed E-state index contributed by atoms with van der Waals surface area (Å²) in [6.45, 7) is 7.10. The molecule has 1 aliphatic rings. The smallest absolute Gasteiger partial charge is 0.239 e. The van der Waals surface area contributed by atoms with Gasteiger partial charge in [-0.05, 0) is 24.6 Å². The van der Waals surface area contributed by atoms with Gasteiger partial charge in [-0.3, -0.25) is 4.79 Å². The van der Waals surface area contributed by atoms with Crippen molar-refractivity contribution in [2.45, 2.75) is 20.3 Å². The minimum absolute atomic E-state index is 0.0567. The highest BCUT2D eigenvalue weighted by Crippen LogP contribution is 1.98. The van der Waals surface area contributed by atoms with Crippen LogP contribution in [0, 0.1) is 5.92 Å². The van der Waals surface area contributed by atoms with Crippen molar-refractivity contribution in [2.75, 3.05) is 26.2 Å². The molecule has 2 N–H and O–H groups in total. The zero-order chi connectivity index (χ0) is 11.3. The number of rotatable bonds is 2. The predicted octanol–water partition coefficient (Wildman–Crippen LogP) is 0.339. The molecule has 1 amide bonds. The van der Waals surface area contributed by atoms with Crippen molar-refractivity contribution in [3.05, 3.63) is 0 Å². The maximum Gasteiger partial charge on any atom is 0.239 e. The third-order valence-corrected chi connectivity index (χ3v) is 2.61. The first-order valence-corrected chi connectivity index (χ1v) is 5.80. The summed E-state index contributed by atoms with van der Waals surface area (Å²) in [5, 5.41) is 6.70. The maximum absolute atomic E-state index is 11.3. The monoisotopic (exact) mass is 229 g/mol. The van der Waals surface area contributed by atoms with Gasteiger partial charge in [-0.2, -0.15) is 0 Å². The zero-order valence-corrected chi connectivity index (χ0v) is 10.2. The molecule has 0 bridgehead atoms. The number of thiocarbonyl (C=S) groups is 1. The first-order chi connectivity index (χ1) is 7.09. The number of nitrogens with one attached hydrogen (secondary N) is 2. The van der Waals surface area contributed by atoms with Crippen LogP contribution < -0.4 is 10.6 Å². The van der Waals surface area contributed by atoms with Crippen molar-refractivity contribution >= 4 is 23.2 Å². The van der Waals surface area contributed by atoms with E-state index in [0.717, 1.165) is 26.1 Å². The third-order valence-electron chi connectivity index (χ3n) is 2.21. The fourth-order valence-corrected chi connectivity index (χ4v) is 1.62. The van der Waals surface area contributed by atoms with Gasteiger partial charge in [0.05, 0.1) is 6.54 Å². The zero-order valence-electron chi connectivity index (χ0n) is 9.38. The summed E-state index contributed by atoms with van der Waals surface area (Å²) in [5.41, 5.74) is 0. The molecular weight excluding hydrogens is 210 g/mol. The molecule has 0 unspecified atom stereocenters. The molecular formula is C10H19N3OS. The fraction of sp³-hybridized carbons (Fsp3) is 0.800. The largest absolute Gasteiger partial charge is 0.362 e. The summed E-state index contributed by atoms with van der Waals surface area (Å²) in [6.07, 6.45) is 0.954. The van der Waals surface area contributed by atoms with Gasteiger partial charge >= 0.3 is 0 Å². The molecule has 1 heterocycles. The van der Waals surface area contributed by atoms with E-state index in [9.17, 15) is 4.79 Å². The fourth-order valence-electron chi connectivity index (χ4n) is 1.38. The summed E-state index contributed by atoms with van der Waals surface area (Å²) in [4.78, 5) is 13.2. The molecule has 5 heteroatoms. The average molecular weight is 229 g/mol. The molecule has 0 radical (unpaired) electrons. The Bertz CT molecular complexity index is 243. The van der Waals surface area contributed by atoms with E-state index in [4.69, 9.17) is 12.2 Å². The molecule has 1 rings (SSSR count). The van der Waals surface area contributed by atoms with Crippen LogP contribution in [0.25, 0.3) is 0 Å². The summed E-state index contributed by atoms with van der Waals surface area (Å²) in [6, 6.07) is 0. The third kappa shape index (κ3) is 4.46. The van der Waals surface area contributed by atoms with Gasteiger partial charge in [-0.15, -0.1) is 0 Å². The predicted molar refractivity (Wildman–Crippen MR) is 64.6 cm³/mol. The van der Waals surface area contributed by atoms with Crippen LogP contribution in [-0.4, -0.2) is 42.1 Å². The van der Waals surface area contributed by atoms with Crippen molar-refractivity contribution in [1.82, 2.24) is 15.5 Å². The second-order valence-corrected chi connectivity index (χ2v) is 4.59. The first kappa shape index (κ1) is 12.2. The molecule has 15 heavy (non-hydrogen) atoms. The second kappa shape index (κ2) is 5.90. The van der Waals surface area contributed by atoms with Crippen molar-refractivity contribution in [2.24, 2.45) is 5.92 Å². The maximum atomic E-state index is 11.3. The lowest BCUT2D eigenvalue weighted by atomic mass is 10.2. The summed E-state index contributed by atoms with van der Waals surface area (Å²) in [7, 11) is 0. The van der Waals surface area contributed by atoms with E-state index in [1.54, 1.807) is 0 Å². The molecule has 0 aromatic carbocycles. The van der Waals surface area contributed by atoms with E-state index in [-0.39, 0.29) is 5.91 Å². The van der Waals surface area contributed by atoms with Gasteiger partial charge in [0.25, 0.3) is 0 Å². The topological polar surface area (TPSA) is 44.4 Å². The Hall–Kier alpha value is -0.840. The molecule has 1 fully saturated rings. The van der Waals surface area contributed by atoms with Crippen molar-refractivity contribution in [1.29, 1.82) is 0 Å². The first-order valence-electron chi connectivity index (χ1n) is 5.39. The number of hydrogen-bond acceptors (Lipinski definition) is 2. The number of nitrogens with zero attached hydrogens (tertiary/aromatic N) is 1. The lowest BCUT2D eigenvalue weighted by Crippen LogP contribution is -2.44. The number of amides is 1. The Morgan fingerprint density at radius 1 is 1.67 bits per heavy atom. The van der Waals surface area contributed by atoms with Crippen molar-refractivity contribution < 1.29 is 4.79 Å². The SMILES string of the molecule is CC(C)CNC(=S)N1CCCNC(=O)C1. The lowest BCUT2D eigenvalue weighted by Gasteiger charge is -2.23. The van der Waals surface area contributed by atoms with Gasteiger partial charge < -0.3 is 15.5 Å². The normalized spacial score (nSPS) is 17.3. The lowest BCUT2D eigenvalue weighted by molar-refractivity contribution is -0.120. The molecule has 1 saturated heterocycles. The number of carbonyl (C=O) groups is 1. The van der Waals surface area contributed by atoms with E-state index in [1.165, 1.54) is 0 Å². The van der Waals surface area contributed by atoms with Crippen LogP contribution in [0.5, 0.6) is 0 Å². The second-order valence-electron chi connectivity index (χ2n) is 4.20. The molecule has 0 aliphatic carbocycles. The highest BCUT2D eigenvalue weighted by Gasteiger charge is 2.16. The highest BCUT2D eigenvalue weighted by atomic mass is 32.1. The molecule has 1 aliphatic heterocycles. The van der Waals surface area contributed by atoms with Gasteiger partial charge in [0.1, 0.15) is 0 Å². The van der Waals surface area contributed by atoms with Crippen LogP contribution in [0.3, 0.4) is 0 Å². The standard InChI is InChI=1S/C10H19N3OS/c1-8(2)6-12-10(15)13-5-3-4-11-9(14)7-13/h8H,3-7H2,1-2H3,(H,11,14)(H,12,15). The van der Waals surface area contributed by atoms with Crippen LogP contribution in [-0.2, 0) is 4.79 Å². The quantitative estimate of drug-likeness (QED) is 0.670. The van der Waals surface area contributed by atoms with Crippen LogP contribution >= 0.6 is 12.2 Å². The Kier molecular flexibility index (Phi) is 4.81. The average Bonchev–Trinajstić information content (AvgIpc) is 2.39. The molecule has 4 nitrogen and oxygen atoms in total. The Balaban J connectivity index is 2.39. The van der Waals surface area contributed by atoms with Gasteiger partial charge in [0.2, 0.25) is 5.91 Å². The Labute approximate surface area is 96.4 Å². The van der Waals surface area contributed by atoms with Gasteiger partial charge in [-0.1, -0.05) is 13.8 Å². The van der Waals surface area contributed by atoms with E-state index in [2.05, 4.69) is 24.5 Å². The van der Waals surface area contributed by atoms with Gasteiger partial charge in [0.15, 0.2) is 5.11 Å². The van der Waals surface area contributed by atoms with Crippen molar-refractivity contribution in [3.8, 4) is 0 Å². The van der Waals surface area contributed by atoms with E-state index < -0.39 is 0 Å². The summed E-state index contributed by atoms with van der Waals surface area (Å²) >= 11 is 5.24.